The number of anilines is 1. The summed E-state index contributed by atoms with van der Waals surface area (Å²) < 4.78 is 0. The quantitative estimate of drug-likeness (QED) is 0.820. The van der Waals surface area contributed by atoms with E-state index in [4.69, 9.17) is 5.26 Å². The van der Waals surface area contributed by atoms with Crippen molar-refractivity contribution in [1.29, 1.82) is 5.26 Å². The zero-order chi connectivity index (χ0) is 18.2. The van der Waals surface area contributed by atoms with Gasteiger partial charge in [0.15, 0.2) is 0 Å². The van der Waals surface area contributed by atoms with E-state index in [0.717, 1.165) is 44.8 Å². The smallest absolute Gasteiger partial charge is 0.223 e. The highest BCUT2D eigenvalue weighted by Gasteiger charge is 2.26. The third-order valence-electron chi connectivity index (χ3n) is 5.07. The van der Waals surface area contributed by atoms with Crippen LogP contribution in [0.25, 0.3) is 0 Å². The minimum absolute atomic E-state index is 0.0820. The third-order valence-corrected chi connectivity index (χ3v) is 5.07. The van der Waals surface area contributed by atoms with Crippen LogP contribution in [0.4, 0.5) is 5.82 Å². The molecule has 2 rings (SSSR count). The lowest BCUT2D eigenvalue weighted by Crippen LogP contribution is -2.45. The van der Waals surface area contributed by atoms with Gasteiger partial charge in [-0.25, -0.2) is 4.98 Å². The van der Waals surface area contributed by atoms with E-state index in [-0.39, 0.29) is 11.8 Å². The van der Waals surface area contributed by atoms with Crippen LogP contribution in [0.3, 0.4) is 0 Å². The minimum atomic E-state index is 0.0820. The number of likely N-dealkylation sites (N-methyl/N-ethyl adjacent to an activating group) is 1. The molecule has 1 aromatic rings. The second-order valence-corrected chi connectivity index (χ2v) is 6.59. The van der Waals surface area contributed by atoms with Gasteiger partial charge in [-0.15, -0.1) is 0 Å². The maximum absolute atomic E-state index is 12.4. The molecular weight excluding hydrogens is 314 g/mol. The summed E-state index contributed by atoms with van der Waals surface area (Å²) in [5.41, 5.74) is 0.570. The van der Waals surface area contributed by atoms with Gasteiger partial charge in [0.1, 0.15) is 11.9 Å². The van der Waals surface area contributed by atoms with E-state index in [2.05, 4.69) is 46.9 Å². The number of nitriles is 1. The number of nitrogens with zero attached hydrogens (tertiary/aromatic N) is 4. The SMILES string of the molecule is CCN(CC)C(C)CNC(=O)C1CCN(c2ccc(C#N)cn2)CC1. The molecule has 1 unspecified atom stereocenters. The van der Waals surface area contributed by atoms with Crippen LogP contribution in [-0.4, -0.2) is 54.6 Å². The molecule has 1 amide bonds. The molecule has 1 atom stereocenters. The van der Waals surface area contributed by atoms with Crippen molar-refractivity contribution in [3.63, 3.8) is 0 Å². The Morgan fingerprint density at radius 1 is 1.40 bits per heavy atom. The molecular formula is C19H29N5O. The Kier molecular flexibility index (Phi) is 7.20. The monoisotopic (exact) mass is 343 g/mol. The highest BCUT2D eigenvalue weighted by atomic mass is 16.1. The average Bonchev–Trinajstić information content (AvgIpc) is 2.67. The largest absolute Gasteiger partial charge is 0.357 e. The van der Waals surface area contributed by atoms with Crippen LogP contribution in [0.5, 0.6) is 0 Å². The van der Waals surface area contributed by atoms with Crippen molar-refractivity contribution in [2.24, 2.45) is 5.92 Å². The summed E-state index contributed by atoms with van der Waals surface area (Å²) in [4.78, 5) is 21.3. The lowest BCUT2D eigenvalue weighted by molar-refractivity contribution is -0.125. The molecule has 0 bridgehead atoms. The molecule has 136 valence electrons. The van der Waals surface area contributed by atoms with E-state index in [1.54, 1.807) is 12.3 Å². The molecule has 0 aromatic carbocycles. The first-order valence-electron chi connectivity index (χ1n) is 9.21. The number of carbonyl (C=O) groups excluding carboxylic acids is 1. The van der Waals surface area contributed by atoms with Gasteiger partial charge >= 0.3 is 0 Å². The molecule has 1 aromatic heterocycles. The standard InChI is InChI=1S/C19H29N5O/c1-4-23(5-2)15(3)13-22-19(25)17-8-10-24(11-9-17)18-7-6-16(12-20)14-21-18/h6-7,14-15,17H,4-5,8-11,13H2,1-3H3,(H,22,25). The van der Waals surface area contributed by atoms with Gasteiger partial charge in [0.2, 0.25) is 5.91 Å². The summed E-state index contributed by atoms with van der Waals surface area (Å²) in [5, 5.41) is 12.0. The topological polar surface area (TPSA) is 72.3 Å². The van der Waals surface area contributed by atoms with Gasteiger partial charge in [0, 0.05) is 37.8 Å². The normalized spacial score (nSPS) is 16.5. The van der Waals surface area contributed by atoms with Gasteiger partial charge in [-0.1, -0.05) is 13.8 Å². The Labute approximate surface area is 150 Å². The molecule has 6 heteroatoms. The zero-order valence-electron chi connectivity index (χ0n) is 15.5. The van der Waals surface area contributed by atoms with E-state index < -0.39 is 0 Å². The Morgan fingerprint density at radius 2 is 2.08 bits per heavy atom. The van der Waals surface area contributed by atoms with E-state index >= 15 is 0 Å². The Balaban J connectivity index is 1.79. The molecule has 1 N–H and O–H groups in total. The van der Waals surface area contributed by atoms with Gasteiger partial charge < -0.3 is 10.2 Å². The molecule has 0 spiro atoms. The summed E-state index contributed by atoms with van der Waals surface area (Å²) >= 11 is 0. The molecule has 25 heavy (non-hydrogen) atoms. The number of hydrogen-bond donors (Lipinski definition) is 1. The fourth-order valence-corrected chi connectivity index (χ4v) is 3.38. The van der Waals surface area contributed by atoms with Crippen molar-refractivity contribution >= 4 is 11.7 Å². The van der Waals surface area contributed by atoms with Crippen molar-refractivity contribution in [3.8, 4) is 6.07 Å². The summed E-state index contributed by atoms with van der Waals surface area (Å²) in [6, 6.07) is 6.11. The second-order valence-electron chi connectivity index (χ2n) is 6.59. The number of carbonyl (C=O) groups is 1. The molecule has 0 saturated carbocycles. The van der Waals surface area contributed by atoms with Crippen LogP contribution in [-0.2, 0) is 4.79 Å². The Bertz CT molecular complexity index is 583. The lowest BCUT2D eigenvalue weighted by Gasteiger charge is -2.33. The van der Waals surface area contributed by atoms with Crippen LogP contribution < -0.4 is 10.2 Å². The predicted molar refractivity (Wildman–Crippen MR) is 99.3 cm³/mol. The number of amides is 1. The van der Waals surface area contributed by atoms with Crippen molar-refractivity contribution in [3.05, 3.63) is 23.9 Å². The van der Waals surface area contributed by atoms with Crippen molar-refractivity contribution in [1.82, 2.24) is 15.2 Å². The lowest BCUT2D eigenvalue weighted by atomic mass is 9.95. The first-order chi connectivity index (χ1) is 12.1. The second kappa shape index (κ2) is 9.38. The van der Waals surface area contributed by atoms with Gasteiger partial charge in [0.25, 0.3) is 0 Å². The first kappa shape index (κ1) is 19.2. The van der Waals surface area contributed by atoms with E-state index in [9.17, 15) is 4.79 Å². The van der Waals surface area contributed by atoms with Crippen molar-refractivity contribution in [2.75, 3.05) is 37.6 Å². The summed E-state index contributed by atoms with van der Waals surface area (Å²) in [7, 11) is 0. The summed E-state index contributed by atoms with van der Waals surface area (Å²) in [5.74, 6) is 1.14. The van der Waals surface area contributed by atoms with Gasteiger partial charge in [-0.2, -0.15) is 5.26 Å². The Morgan fingerprint density at radius 3 is 2.60 bits per heavy atom. The van der Waals surface area contributed by atoms with Gasteiger partial charge in [0.05, 0.1) is 5.56 Å². The average molecular weight is 343 g/mol. The maximum atomic E-state index is 12.4. The van der Waals surface area contributed by atoms with Crippen molar-refractivity contribution < 1.29 is 4.79 Å². The number of piperidine rings is 1. The molecule has 0 radical (unpaired) electrons. The number of pyridine rings is 1. The highest BCUT2D eigenvalue weighted by Crippen LogP contribution is 2.22. The highest BCUT2D eigenvalue weighted by molar-refractivity contribution is 5.79. The van der Waals surface area contributed by atoms with Crippen LogP contribution >= 0.6 is 0 Å². The van der Waals surface area contributed by atoms with Crippen LogP contribution in [0.1, 0.15) is 39.2 Å². The molecule has 1 aliphatic heterocycles. The zero-order valence-corrected chi connectivity index (χ0v) is 15.5. The van der Waals surface area contributed by atoms with Gasteiger partial charge in [-0.05, 0) is 45.0 Å². The third kappa shape index (κ3) is 5.17. The van der Waals surface area contributed by atoms with E-state index in [1.807, 2.05) is 6.07 Å². The van der Waals surface area contributed by atoms with E-state index in [0.29, 0.717) is 18.2 Å². The van der Waals surface area contributed by atoms with Crippen molar-refractivity contribution in [2.45, 2.75) is 39.7 Å². The van der Waals surface area contributed by atoms with E-state index in [1.165, 1.54) is 0 Å². The number of aromatic nitrogens is 1. The van der Waals surface area contributed by atoms with Crippen LogP contribution in [0.15, 0.2) is 18.3 Å². The molecule has 6 nitrogen and oxygen atoms in total. The first-order valence-corrected chi connectivity index (χ1v) is 9.21. The summed E-state index contributed by atoms with van der Waals surface area (Å²) in [6.45, 7) is 10.8. The maximum Gasteiger partial charge on any atom is 0.223 e. The fraction of sp³-hybridized carbons (Fsp3) is 0.632. The molecule has 1 fully saturated rings. The predicted octanol–water partition coefficient (Wildman–Crippen LogP) is 2.02. The Hall–Kier alpha value is -2.13. The number of nitrogens with one attached hydrogen (secondary N) is 1. The number of rotatable bonds is 7. The summed E-state index contributed by atoms with van der Waals surface area (Å²) in [6.07, 6.45) is 3.28. The minimum Gasteiger partial charge on any atom is -0.357 e. The molecule has 1 saturated heterocycles. The molecule has 0 aliphatic carbocycles. The van der Waals surface area contributed by atoms with Crippen LogP contribution in [0.2, 0.25) is 0 Å². The number of hydrogen-bond acceptors (Lipinski definition) is 5. The molecule has 2 heterocycles. The van der Waals surface area contributed by atoms with Gasteiger partial charge in [-0.3, -0.25) is 9.69 Å². The van der Waals surface area contributed by atoms with Crippen LogP contribution in [0, 0.1) is 17.2 Å². The molecule has 1 aliphatic rings. The fourth-order valence-electron chi connectivity index (χ4n) is 3.38.